The van der Waals surface area contributed by atoms with Crippen LogP contribution >= 0.6 is 0 Å². The number of hydrogen-bond acceptors (Lipinski definition) is 9. The number of ether oxygens (including phenoxy) is 3. The zero-order valence-electron chi connectivity index (χ0n) is 13.2. The molecule has 6 N–H and O–H groups in total. The van der Waals surface area contributed by atoms with Crippen molar-refractivity contribution in [1.82, 2.24) is 0 Å². The minimum atomic E-state index is -1.56. The first kappa shape index (κ1) is 18.0. The average molecular weight is 348 g/mol. The van der Waals surface area contributed by atoms with Crippen LogP contribution in [0.5, 0.6) is 0 Å². The van der Waals surface area contributed by atoms with Gasteiger partial charge in [-0.3, -0.25) is 0 Å². The maximum absolute atomic E-state index is 10.5. The van der Waals surface area contributed by atoms with Crippen molar-refractivity contribution in [2.45, 2.75) is 62.0 Å². The van der Waals surface area contributed by atoms with Crippen molar-refractivity contribution in [2.24, 2.45) is 11.8 Å². The van der Waals surface area contributed by atoms with Crippen LogP contribution in [0, 0.1) is 11.8 Å². The Morgan fingerprint density at radius 2 is 1.83 bits per heavy atom. The lowest BCUT2D eigenvalue weighted by atomic mass is 9.85. The first-order valence-corrected chi connectivity index (χ1v) is 7.95. The summed E-state index contributed by atoms with van der Waals surface area (Å²) in [5.41, 5.74) is -1.26. The van der Waals surface area contributed by atoms with Gasteiger partial charge in [-0.15, -0.1) is 0 Å². The predicted molar refractivity (Wildman–Crippen MR) is 77.1 cm³/mol. The standard InChI is InChI=1S/C15H24O9/c1-15(21)4-7(17)6-2-3-22-13(9(6)15)24-14-12(20)11(19)10(18)8(5-16)23-14/h2-3,6-14,16-21H,4-5H2,1H3/t6-,7-,8+,9+,10+,11-,12+,13-,14+,15-/m0/s1. The maximum Gasteiger partial charge on any atom is 0.207 e. The molecule has 3 rings (SSSR count). The molecule has 0 unspecified atom stereocenters. The van der Waals surface area contributed by atoms with E-state index in [1.54, 1.807) is 13.0 Å². The molecular weight excluding hydrogens is 324 g/mol. The predicted octanol–water partition coefficient (Wildman–Crippen LogP) is -2.58. The summed E-state index contributed by atoms with van der Waals surface area (Å²) >= 11 is 0. The van der Waals surface area contributed by atoms with Gasteiger partial charge in [0.2, 0.25) is 6.29 Å². The summed E-state index contributed by atoms with van der Waals surface area (Å²) in [5.74, 6) is -0.992. The lowest BCUT2D eigenvalue weighted by molar-refractivity contribution is -0.346. The van der Waals surface area contributed by atoms with Crippen LogP contribution in [-0.2, 0) is 14.2 Å². The van der Waals surface area contributed by atoms with Crippen LogP contribution in [0.1, 0.15) is 13.3 Å². The van der Waals surface area contributed by atoms with Gasteiger partial charge in [0.1, 0.15) is 24.4 Å². The van der Waals surface area contributed by atoms with Crippen LogP contribution in [-0.4, -0.2) is 85.9 Å². The molecule has 0 radical (unpaired) electrons. The number of aliphatic hydroxyl groups excluding tert-OH is 5. The Kier molecular flexibility index (Phi) is 4.89. The lowest BCUT2D eigenvalue weighted by Crippen LogP contribution is -2.60. The van der Waals surface area contributed by atoms with Crippen LogP contribution in [0.3, 0.4) is 0 Å². The summed E-state index contributed by atoms with van der Waals surface area (Å²) < 4.78 is 16.3. The van der Waals surface area contributed by atoms with E-state index in [9.17, 15) is 30.6 Å². The van der Waals surface area contributed by atoms with E-state index in [1.807, 2.05) is 0 Å². The Labute approximate surface area is 138 Å². The van der Waals surface area contributed by atoms with Crippen LogP contribution < -0.4 is 0 Å². The molecule has 0 aromatic carbocycles. The van der Waals surface area contributed by atoms with Crippen LogP contribution in [0.15, 0.2) is 12.3 Å². The van der Waals surface area contributed by atoms with Crippen molar-refractivity contribution in [3.05, 3.63) is 12.3 Å². The van der Waals surface area contributed by atoms with Gasteiger partial charge in [-0.1, -0.05) is 0 Å². The van der Waals surface area contributed by atoms with E-state index in [1.165, 1.54) is 6.26 Å². The van der Waals surface area contributed by atoms with Gasteiger partial charge in [-0.25, -0.2) is 0 Å². The molecule has 1 saturated carbocycles. The van der Waals surface area contributed by atoms with Gasteiger partial charge >= 0.3 is 0 Å². The van der Waals surface area contributed by atoms with Gasteiger partial charge in [-0.05, 0) is 13.0 Å². The smallest absolute Gasteiger partial charge is 0.207 e. The maximum atomic E-state index is 10.5. The van der Waals surface area contributed by atoms with E-state index in [4.69, 9.17) is 14.2 Å². The van der Waals surface area contributed by atoms with Gasteiger partial charge in [0, 0.05) is 12.3 Å². The second-order valence-corrected chi connectivity index (χ2v) is 6.90. The normalized spacial score (nSPS) is 54.4. The van der Waals surface area contributed by atoms with E-state index >= 15 is 0 Å². The van der Waals surface area contributed by atoms with Crippen molar-refractivity contribution in [3.63, 3.8) is 0 Å². The molecule has 0 spiro atoms. The largest absolute Gasteiger partial charge is 0.472 e. The van der Waals surface area contributed by atoms with E-state index < -0.39 is 61.2 Å². The summed E-state index contributed by atoms with van der Waals surface area (Å²) in [5, 5.41) is 59.5. The van der Waals surface area contributed by atoms with Gasteiger partial charge in [0.15, 0.2) is 6.29 Å². The SMILES string of the molecule is C[C@]1(O)C[C@H](O)[C@@H]2C=CO[C@@H](O[C@H]3O[C@H](CO)[C@@H](O)[C@H](O)[C@H]3O)[C@@H]21. The van der Waals surface area contributed by atoms with Gasteiger partial charge < -0.3 is 44.8 Å². The Morgan fingerprint density at radius 3 is 2.50 bits per heavy atom. The molecule has 2 aliphatic heterocycles. The molecule has 0 aromatic heterocycles. The Balaban J connectivity index is 1.76. The van der Waals surface area contributed by atoms with Crippen molar-refractivity contribution in [2.75, 3.05) is 6.61 Å². The fourth-order valence-corrected chi connectivity index (χ4v) is 3.80. The van der Waals surface area contributed by atoms with Crippen molar-refractivity contribution in [1.29, 1.82) is 0 Å². The Morgan fingerprint density at radius 1 is 1.12 bits per heavy atom. The van der Waals surface area contributed by atoms with Crippen LogP contribution in [0.2, 0.25) is 0 Å². The molecule has 3 aliphatic rings. The Hall–Kier alpha value is -0.780. The molecule has 1 aliphatic carbocycles. The van der Waals surface area contributed by atoms with Crippen LogP contribution in [0.25, 0.3) is 0 Å². The summed E-state index contributed by atoms with van der Waals surface area (Å²) in [6.07, 6.45) is -5.74. The quantitative estimate of drug-likeness (QED) is 0.323. The average Bonchev–Trinajstić information content (AvgIpc) is 2.78. The minimum absolute atomic E-state index is 0.143. The molecule has 2 fully saturated rings. The number of fused-ring (bicyclic) bond motifs is 1. The third-order valence-electron chi connectivity index (χ3n) is 5.12. The molecular formula is C15H24O9. The first-order chi connectivity index (χ1) is 11.3. The van der Waals surface area contributed by atoms with Crippen molar-refractivity contribution >= 4 is 0 Å². The summed E-state index contributed by atoms with van der Waals surface area (Å²) in [4.78, 5) is 0. The molecule has 10 atom stereocenters. The highest BCUT2D eigenvalue weighted by molar-refractivity contribution is 5.10. The lowest BCUT2D eigenvalue weighted by Gasteiger charge is -2.43. The molecule has 2 heterocycles. The molecule has 138 valence electrons. The highest BCUT2D eigenvalue weighted by Gasteiger charge is 2.56. The fourth-order valence-electron chi connectivity index (χ4n) is 3.80. The van der Waals surface area contributed by atoms with E-state index in [0.717, 1.165) is 0 Å². The van der Waals surface area contributed by atoms with Crippen LogP contribution in [0.4, 0.5) is 0 Å². The van der Waals surface area contributed by atoms with E-state index in [-0.39, 0.29) is 12.3 Å². The first-order valence-electron chi connectivity index (χ1n) is 7.95. The zero-order chi connectivity index (χ0) is 17.6. The second kappa shape index (κ2) is 6.50. The van der Waals surface area contributed by atoms with Gasteiger partial charge in [-0.2, -0.15) is 0 Å². The minimum Gasteiger partial charge on any atom is -0.472 e. The van der Waals surface area contributed by atoms with E-state index in [2.05, 4.69) is 0 Å². The highest BCUT2D eigenvalue weighted by Crippen LogP contribution is 2.46. The van der Waals surface area contributed by atoms with Crippen molar-refractivity contribution < 1.29 is 44.8 Å². The Bertz CT molecular complexity index is 480. The van der Waals surface area contributed by atoms with Gasteiger partial charge in [0.05, 0.1) is 30.5 Å². The summed E-state index contributed by atoms with van der Waals surface area (Å²) in [7, 11) is 0. The monoisotopic (exact) mass is 348 g/mol. The zero-order valence-corrected chi connectivity index (χ0v) is 13.2. The number of hydrogen-bond donors (Lipinski definition) is 6. The van der Waals surface area contributed by atoms with Crippen molar-refractivity contribution in [3.8, 4) is 0 Å². The number of aliphatic hydroxyl groups is 6. The number of rotatable bonds is 3. The third kappa shape index (κ3) is 2.95. The molecule has 9 nitrogen and oxygen atoms in total. The molecule has 1 saturated heterocycles. The third-order valence-corrected chi connectivity index (χ3v) is 5.12. The highest BCUT2D eigenvalue weighted by atomic mass is 16.8. The molecule has 9 heteroatoms. The fraction of sp³-hybridized carbons (Fsp3) is 0.867. The summed E-state index contributed by atoms with van der Waals surface area (Å²) in [6.45, 7) is 0.992. The molecule has 0 bridgehead atoms. The topological polar surface area (TPSA) is 149 Å². The molecule has 24 heavy (non-hydrogen) atoms. The summed E-state index contributed by atoms with van der Waals surface area (Å²) in [6, 6.07) is 0. The van der Waals surface area contributed by atoms with Gasteiger partial charge in [0.25, 0.3) is 0 Å². The second-order valence-electron chi connectivity index (χ2n) is 6.90. The molecule has 0 aromatic rings. The van der Waals surface area contributed by atoms with E-state index in [0.29, 0.717) is 0 Å². The molecule has 0 amide bonds.